The first-order valence-corrected chi connectivity index (χ1v) is 8.34. The number of hydrogen-bond donors (Lipinski definition) is 2. The van der Waals surface area contributed by atoms with Crippen molar-refractivity contribution in [1.82, 2.24) is 20.2 Å². The summed E-state index contributed by atoms with van der Waals surface area (Å²) in [6, 6.07) is 7.32. The van der Waals surface area contributed by atoms with Crippen LogP contribution in [-0.2, 0) is 13.1 Å². The van der Waals surface area contributed by atoms with E-state index in [4.69, 9.17) is 0 Å². The van der Waals surface area contributed by atoms with Gasteiger partial charge in [-0.3, -0.25) is 14.6 Å². The molecule has 4 rings (SSSR count). The van der Waals surface area contributed by atoms with Crippen molar-refractivity contribution in [3.8, 4) is 0 Å². The summed E-state index contributed by atoms with van der Waals surface area (Å²) in [7, 11) is 0. The fourth-order valence-corrected chi connectivity index (χ4v) is 3.74. The lowest BCUT2D eigenvalue weighted by molar-refractivity contribution is 0.0948. The maximum atomic E-state index is 12.8. The summed E-state index contributed by atoms with van der Waals surface area (Å²) >= 11 is 0. The lowest BCUT2D eigenvalue weighted by Crippen LogP contribution is -2.46. The first-order valence-electron chi connectivity index (χ1n) is 8.34. The van der Waals surface area contributed by atoms with Gasteiger partial charge in [-0.25, -0.2) is 0 Å². The van der Waals surface area contributed by atoms with Gasteiger partial charge < -0.3 is 15.2 Å². The number of pyridine rings is 2. The molecule has 6 nitrogen and oxygen atoms in total. The number of hydrogen-bond acceptors (Lipinski definition) is 4. The maximum Gasteiger partial charge on any atom is 0.263 e. The molecule has 2 aliphatic heterocycles. The number of rotatable bonds is 3. The Hall–Kier alpha value is -1.89. The van der Waals surface area contributed by atoms with Crippen LogP contribution in [0.1, 0.15) is 34.0 Å². The van der Waals surface area contributed by atoms with Crippen molar-refractivity contribution in [2.45, 2.75) is 25.4 Å². The molecular weight excluding hydrogens is 375 g/mol. The molecule has 2 aromatic rings. The average molecular weight is 397 g/mol. The van der Waals surface area contributed by atoms with Crippen molar-refractivity contribution in [2.75, 3.05) is 13.1 Å². The highest BCUT2D eigenvalue weighted by Gasteiger charge is 2.31. The van der Waals surface area contributed by atoms with Gasteiger partial charge in [-0.05, 0) is 42.6 Å². The zero-order valence-electron chi connectivity index (χ0n) is 14.2. The Morgan fingerprint density at radius 3 is 2.88 bits per heavy atom. The molecule has 140 valence electrons. The summed E-state index contributed by atoms with van der Waals surface area (Å²) in [4.78, 5) is 29.2. The quantitative estimate of drug-likeness (QED) is 0.827. The van der Waals surface area contributed by atoms with Gasteiger partial charge in [0.2, 0.25) is 0 Å². The van der Waals surface area contributed by atoms with Gasteiger partial charge in [0.1, 0.15) is 5.56 Å². The van der Waals surface area contributed by atoms with E-state index in [1.54, 1.807) is 23.0 Å². The molecule has 4 heterocycles. The van der Waals surface area contributed by atoms with Crippen molar-refractivity contribution in [2.24, 2.45) is 5.92 Å². The highest BCUT2D eigenvalue weighted by Crippen LogP contribution is 2.31. The molecule has 26 heavy (non-hydrogen) atoms. The molecule has 8 heteroatoms. The van der Waals surface area contributed by atoms with E-state index in [0.717, 1.165) is 30.8 Å². The molecule has 0 aromatic carbocycles. The molecule has 1 fully saturated rings. The second-order valence-corrected chi connectivity index (χ2v) is 6.59. The standard InChI is InChI=1S/C18H20N4O2.2ClH/c23-17(21-9-12-2-1-5-19-7-12)15-3-4-16-14-6-13(8-20-10-14)11-22(16)18(15)24;;/h1-5,7,13-14,20H,6,8-11H2,(H,21,23);2*1H/t13-,14+;;/m0../s1. The van der Waals surface area contributed by atoms with Crippen molar-refractivity contribution >= 4 is 30.7 Å². The SMILES string of the molecule is Cl.Cl.O=C(NCc1cccnc1)c1ccc2n(c1=O)C[C@@H]1CNC[C@H]2C1. The Kier molecular flexibility index (Phi) is 6.81. The van der Waals surface area contributed by atoms with E-state index in [-0.39, 0.29) is 41.8 Å². The zero-order valence-corrected chi connectivity index (χ0v) is 15.8. The first-order chi connectivity index (χ1) is 11.7. The van der Waals surface area contributed by atoms with Crippen molar-refractivity contribution < 1.29 is 4.79 Å². The van der Waals surface area contributed by atoms with Gasteiger partial charge in [0.05, 0.1) is 0 Å². The Balaban J connectivity index is 0.00000121. The molecule has 0 radical (unpaired) electrons. The van der Waals surface area contributed by atoms with Gasteiger partial charge in [0.25, 0.3) is 11.5 Å². The summed E-state index contributed by atoms with van der Waals surface area (Å²) < 4.78 is 1.80. The number of piperidine rings is 1. The Labute approximate surface area is 164 Å². The molecule has 2 aromatic heterocycles. The summed E-state index contributed by atoms with van der Waals surface area (Å²) in [6.45, 7) is 2.91. The number of halogens is 2. The van der Waals surface area contributed by atoms with Crippen LogP contribution in [0.3, 0.4) is 0 Å². The molecule has 0 aliphatic carbocycles. The van der Waals surface area contributed by atoms with Crippen LogP contribution in [0.25, 0.3) is 0 Å². The van der Waals surface area contributed by atoms with Crippen molar-refractivity contribution in [3.05, 3.63) is 63.8 Å². The molecule has 0 saturated carbocycles. The van der Waals surface area contributed by atoms with Crippen molar-refractivity contribution in [3.63, 3.8) is 0 Å². The van der Waals surface area contributed by atoms with E-state index < -0.39 is 0 Å². The van der Waals surface area contributed by atoms with E-state index in [0.29, 0.717) is 24.9 Å². The second-order valence-electron chi connectivity index (χ2n) is 6.59. The van der Waals surface area contributed by atoms with E-state index in [9.17, 15) is 9.59 Å². The zero-order chi connectivity index (χ0) is 16.5. The second kappa shape index (κ2) is 8.66. The number of carbonyl (C=O) groups is 1. The van der Waals surface area contributed by atoms with Crippen LogP contribution in [0.5, 0.6) is 0 Å². The molecule has 1 saturated heterocycles. The highest BCUT2D eigenvalue weighted by molar-refractivity contribution is 5.93. The van der Waals surface area contributed by atoms with E-state index >= 15 is 0 Å². The first kappa shape index (κ1) is 20.4. The van der Waals surface area contributed by atoms with E-state index in [1.165, 1.54) is 0 Å². The molecule has 1 amide bonds. The third kappa shape index (κ3) is 3.92. The number of aromatic nitrogens is 2. The number of carbonyl (C=O) groups excluding carboxylic acids is 1. The predicted molar refractivity (Wildman–Crippen MR) is 104 cm³/mol. The minimum Gasteiger partial charge on any atom is -0.348 e. The fourth-order valence-electron chi connectivity index (χ4n) is 3.74. The normalized spacial score (nSPS) is 20.2. The molecular formula is C18H22Cl2N4O2. The van der Waals surface area contributed by atoms with E-state index in [1.807, 2.05) is 18.2 Å². The topological polar surface area (TPSA) is 76.0 Å². The van der Waals surface area contributed by atoms with Crippen LogP contribution in [0.15, 0.2) is 41.5 Å². The third-order valence-corrected chi connectivity index (χ3v) is 4.93. The summed E-state index contributed by atoms with van der Waals surface area (Å²) in [5, 5.41) is 6.23. The summed E-state index contributed by atoms with van der Waals surface area (Å²) in [6.07, 6.45) is 4.51. The summed E-state index contributed by atoms with van der Waals surface area (Å²) in [5.74, 6) is 0.522. The van der Waals surface area contributed by atoms with Gasteiger partial charge in [0, 0.05) is 43.6 Å². The summed E-state index contributed by atoms with van der Waals surface area (Å²) in [5.41, 5.74) is 2.00. The monoisotopic (exact) mass is 396 g/mol. The van der Waals surface area contributed by atoms with Gasteiger partial charge >= 0.3 is 0 Å². The minimum atomic E-state index is -0.326. The molecule has 2 atom stereocenters. The average Bonchev–Trinajstić information content (AvgIpc) is 2.62. The van der Waals surface area contributed by atoms with Crippen LogP contribution in [-0.4, -0.2) is 28.5 Å². The smallest absolute Gasteiger partial charge is 0.263 e. The van der Waals surface area contributed by atoms with E-state index in [2.05, 4.69) is 15.6 Å². The Bertz CT molecular complexity index is 826. The molecule has 0 unspecified atom stereocenters. The fraction of sp³-hybridized carbons (Fsp3) is 0.389. The van der Waals surface area contributed by atoms with Gasteiger partial charge in [-0.15, -0.1) is 24.8 Å². The highest BCUT2D eigenvalue weighted by atomic mass is 35.5. The maximum absolute atomic E-state index is 12.8. The van der Waals surface area contributed by atoms with Crippen molar-refractivity contribution in [1.29, 1.82) is 0 Å². The Morgan fingerprint density at radius 2 is 2.12 bits per heavy atom. The largest absolute Gasteiger partial charge is 0.348 e. The lowest BCUT2D eigenvalue weighted by atomic mass is 9.84. The third-order valence-electron chi connectivity index (χ3n) is 4.93. The molecule has 0 spiro atoms. The van der Waals surface area contributed by atoms with Crippen LogP contribution >= 0.6 is 24.8 Å². The van der Waals surface area contributed by atoms with Crippen LogP contribution in [0.2, 0.25) is 0 Å². The van der Waals surface area contributed by atoms with Gasteiger partial charge in [-0.1, -0.05) is 6.07 Å². The van der Waals surface area contributed by atoms with Crippen LogP contribution in [0.4, 0.5) is 0 Å². The van der Waals surface area contributed by atoms with Crippen LogP contribution < -0.4 is 16.2 Å². The van der Waals surface area contributed by atoms with Gasteiger partial charge in [-0.2, -0.15) is 0 Å². The van der Waals surface area contributed by atoms with Gasteiger partial charge in [0.15, 0.2) is 0 Å². The molecule has 2 N–H and O–H groups in total. The predicted octanol–water partition coefficient (Wildman–Crippen LogP) is 1.72. The molecule has 2 bridgehead atoms. The number of fused-ring (bicyclic) bond motifs is 4. The Morgan fingerprint density at radius 1 is 1.27 bits per heavy atom. The lowest BCUT2D eigenvalue weighted by Gasteiger charge is -2.37. The minimum absolute atomic E-state index is 0. The number of amides is 1. The molecule has 2 aliphatic rings. The number of nitrogens with zero attached hydrogens (tertiary/aromatic N) is 2. The van der Waals surface area contributed by atoms with Crippen LogP contribution in [0, 0.1) is 5.92 Å². The number of nitrogens with one attached hydrogen (secondary N) is 2.